The fourth-order valence-corrected chi connectivity index (χ4v) is 5.95. The number of allylic oxidation sites excluding steroid dienone is 3. The molecule has 29 heavy (non-hydrogen) atoms. The van der Waals surface area contributed by atoms with E-state index in [0.29, 0.717) is 5.92 Å². The lowest BCUT2D eigenvalue weighted by atomic mass is 9.66. The van der Waals surface area contributed by atoms with Gasteiger partial charge in [0, 0.05) is 11.5 Å². The summed E-state index contributed by atoms with van der Waals surface area (Å²) in [6.45, 7) is 6.99. The van der Waals surface area contributed by atoms with Crippen molar-refractivity contribution in [2.75, 3.05) is 0 Å². The van der Waals surface area contributed by atoms with Crippen molar-refractivity contribution in [2.24, 2.45) is 17.1 Å². The molecule has 0 radical (unpaired) electrons. The van der Waals surface area contributed by atoms with Gasteiger partial charge in [-0.15, -0.1) is 0 Å². The highest BCUT2D eigenvalue weighted by atomic mass is 14.7. The number of nitrogens with two attached hydrogens (primary N) is 1. The molecule has 0 spiro atoms. The van der Waals surface area contributed by atoms with Crippen LogP contribution in [0, 0.1) is 11.3 Å². The number of unbranched alkanes of at least 4 members (excludes halogenated alkanes) is 3. The Kier molecular flexibility index (Phi) is 6.06. The van der Waals surface area contributed by atoms with Gasteiger partial charge in [-0.05, 0) is 60.3 Å². The maximum Gasteiger partial charge on any atom is 0.0255 e. The molecule has 4 rings (SSSR count). The van der Waals surface area contributed by atoms with Crippen LogP contribution in [-0.4, -0.2) is 6.04 Å². The Labute approximate surface area is 176 Å². The van der Waals surface area contributed by atoms with Crippen LogP contribution in [0.1, 0.15) is 69.4 Å². The van der Waals surface area contributed by atoms with Crippen LogP contribution >= 0.6 is 0 Å². The standard InChI is InChI=1S/C28H35N/c1-3-4-5-8-17-24-20-25-26(29)18-19-28(25,21(2)22-13-9-6-10-14-22)27(24)23-15-11-7-12-16-23/h6-7,9-16,25-26H,2-5,8,17-20,29H2,1H3/t25-,26-,28-/m0/s1. The fraction of sp³-hybridized carbons (Fsp3) is 0.429. The molecule has 0 unspecified atom stereocenters. The van der Waals surface area contributed by atoms with Crippen molar-refractivity contribution in [3.8, 4) is 0 Å². The predicted octanol–water partition coefficient (Wildman–Crippen LogP) is 7.25. The first-order valence-electron chi connectivity index (χ1n) is 11.5. The average Bonchev–Trinajstić information content (AvgIpc) is 3.27. The van der Waals surface area contributed by atoms with Crippen LogP contribution in [0.25, 0.3) is 11.1 Å². The van der Waals surface area contributed by atoms with Gasteiger partial charge in [0.15, 0.2) is 0 Å². The summed E-state index contributed by atoms with van der Waals surface area (Å²) in [6, 6.07) is 22.1. The van der Waals surface area contributed by atoms with Gasteiger partial charge in [-0.2, -0.15) is 0 Å². The van der Waals surface area contributed by atoms with Gasteiger partial charge in [-0.3, -0.25) is 0 Å². The molecule has 1 heteroatoms. The highest BCUT2D eigenvalue weighted by molar-refractivity contribution is 5.90. The van der Waals surface area contributed by atoms with E-state index in [4.69, 9.17) is 12.3 Å². The molecule has 0 aromatic heterocycles. The van der Waals surface area contributed by atoms with E-state index in [1.54, 1.807) is 11.1 Å². The molecule has 152 valence electrons. The largest absolute Gasteiger partial charge is 0.327 e. The summed E-state index contributed by atoms with van der Waals surface area (Å²) in [5.74, 6) is 0.478. The van der Waals surface area contributed by atoms with Crippen LogP contribution in [-0.2, 0) is 0 Å². The molecule has 0 amide bonds. The Morgan fingerprint density at radius 3 is 2.38 bits per heavy atom. The van der Waals surface area contributed by atoms with Gasteiger partial charge in [0.05, 0.1) is 0 Å². The summed E-state index contributed by atoms with van der Waals surface area (Å²) in [5, 5.41) is 0. The quantitative estimate of drug-likeness (QED) is 0.476. The predicted molar refractivity (Wildman–Crippen MR) is 125 cm³/mol. The topological polar surface area (TPSA) is 26.0 Å². The van der Waals surface area contributed by atoms with Crippen molar-refractivity contribution >= 4 is 11.1 Å². The lowest BCUT2D eigenvalue weighted by Crippen LogP contribution is -2.33. The number of rotatable bonds is 8. The molecule has 0 saturated heterocycles. The Hall–Kier alpha value is -2.12. The second-order valence-electron chi connectivity index (χ2n) is 8.98. The average molecular weight is 386 g/mol. The molecule has 1 nitrogen and oxygen atoms in total. The molecule has 0 heterocycles. The van der Waals surface area contributed by atoms with Crippen molar-refractivity contribution in [3.05, 3.63) is 83.9 Å². The molecule has 2 aromatic carbocycles. The van der Waals surface area contributed by atoms with E-state index in [1.165, 1.54) is 48.8 Å². The molecule has 2 N–H and O–H groups in total. The minimum absolute atomic E-state index is 0.0117. The molecule has 1 fully saturated rings. The Bertz CT molecular complexity index is 864. The number of hydrogen-bond donors (Lipinski definition) is 1. The first-order chi connectivity index (χ1) is 14.2. The summed E-state index contributed by atoms with van der Waals surface area (Å²) in [4.78, 5) is 0. The first kappa shape index (κ1) is 20.2. The second-order valence-corrected chi connectivity index (χ2v) is 8.98. The number of hydrogen-bond acceptors (Lipinski definition) is 1. The van der Waals surface area contributed by atoms with Gasteiger partial charge in [-0.25, -0.2) is 0 Å². The third-order valence-electron chi connectivity index (χ3n) is 7.34. The highest BCUT2D eigenvalue weighted by Gasteiger charge is 2.55. The van der Waals surface area contributed by atoms with Crippen molar-refractivity contribution in [2.45, 2.75) is 64.3 Å². The number of benzene rings is 2. The molecule has 2 aliphatic rings. The normalized spacial score (nSPS) is 26.0. The SMILES string of the molecule is C=C(c1ccccc1)[C@@]12CC[C@H](N)[C@@H]1CC(CCCCCC)=C2c1ccccc1. The van der Waals surface area contributed by atoms with Crippen LogP contribution < -0.4 is 5.73 Å². The van der Waals surface area contributed by atoms with Gasteiger partial charge in [0.1, 0.15) is 0 Å². The van der Waals surface area contributed by atoms with E-state index in [1.807, 2.05) is 0 Å². The van der Waals surface area contributed by atoms with Gasteiger partial charge >= 0.3 is 0 Å². The van der Waals surface area contributed by atoms with Crippen LogP contribution in [0.3, 0.4) is 0 Å². The van der Waals surface area contributed by atoms with Crippen LogP contribution in [0.2, 0.25) is 0 Å². The smallest absolute Gasteiger partial charge is 0.0255 e. The maximum absolute atomic E-state index is 6.73. The second kappa shape index (κ2) is 8.71. The molecular formula is C28H35N. The monoisotopic (exact) mass is 385 g/mol. The number of fused-ring (bicyclic) bond motifs is 1. The minimum atomic E-state index is -0.0117. The van der Waals surface area contributed by atoms with Gasteiger partial charge in [-0.1, -0.05) is 99.0 Å². The van der Waals surface area contributed by atoms with Crippen LogP contribution in [0.4, 0.5) is 0 Å². The zero-order valence-electron chi connectivity index (χ0n) is 17.9. The summed E-state index contributed by atoms with van der Waals surface area (Å²) in [7, 11) is 0. The van der Waals surface area contributed by atoms with Crippen molar-refractivity contribution in [1.29, 1.82) is 0 Å². The maximum atomic E-state index is 6.73. The molecule has 3 atom stereocenters. The molecule has 2 aromatic rings. The van der Waals surface area contributed by atoms with E-state index in [9.17, 15) is 0 Å². The van der Waals surface area contributed by atoms with Gasteiger partial charge < -0.3 is 5.73 Å². The Morgan fingerprint density at radius 1 is 1.00 bits per heavy atom. The van der Waals surface area contributed by atoms with E-state index in [0.717, 1.165) is 19.3 Å². The van der Waals surface area contributed by atoms with E-state index in [-0.39, 0.29) is 11.5 Å². The molecule has 0 bridgehead atoms. The zero-order chi connectivity index (χ0) is 20.3. The summed E-state index contributed by atoms with van der Waals surface area (Å²) >= 11 is 0. The molecule has 1 saturated carbocycles. The Balaban J connectivity index is 1.80. The van der Waals surface area contributed by atoms with E-state index < -0.39 is 0 Å². The lowest BCUT2D eigenvalue weighted by Gasteiger charge is -2.37. The molecular weight excluding hydrogens is 350 g/mol. The van der Waals surface area contributed by atoms with E-state index in [2.05, 4.69) is 67.6 Å². The molecule has 2 aliphatic carbocycles. The zero-order valence-corrected chi connectivity index (χ0v) is 17.9. The summed E-state index contributed by atoms with van der Waals surface area (Å²) in [6.07, 6.45) is 9.79. The fourth-order valence-electron chi connectivity index (χ4n) is 5.95. The van der Waals surface area contributed by atoms with Crippen LogP contribution in [0.5, 0.6) is 0 Å². The summed E-state index contributed by atoms with van der Waals surface area (Å²) in [5.41, 5.74) is 13.8. The third kappa shape index (κ3) is 3.62. The lowest BCUT2D eigenvalue weighted by molar-refractivity contribution is 0.376. The van der Waals surface area contributed by atoms with Gasteiger partial charge in [0.25, 0.3) is 0 Å². The van der Waals surface area contributed by atoms with Crippen molar-refractivity contribution < 1.29 is 0 Å². The van der Waals surface area contributed by atoms with Crippen molar-refractivity contribution in [1.82, 2.24) is 0 Å². The van der Waals surface area contributed by atoms with Crippen LogP contribution in [0.15, 0.2) is 72.8 Å². The van der Waals surface area contributed by atoms with E-state index >= 15 is 0 Å². The Morgan fingerprint density at radius 2 is 1.69 bits per heavy atom. The molecule has 0 aliphatic heterocycles. The minimum Gasteiger partial charge on any atom is -0.327 e. The third-order valence-corrected chi connectivity index (χ3v) is 7.34. The highest BCUT2D eigenvalue weighted by Crippen LogP contribution is 2.65. The first-order valence-corrected chi connectivity index (χ1v) is 11.5. The van der Waals surface area contributed by atoms with Gasteiger partial charge in [0.2, 0.25) is 0 Å². The summed E-state index contributed by atoms with van der Waals surface area (Å²) < 4.78 is 0. The van der Waals surface area contributed by atoms with Crippen molar-refractivity contribution in [3.63, 3.8) is 0 Å².